The van der Waals surface area contributed by atoms with Gasteiger partial charge in [0.05, 0.1) is 17.1 Å². The van der Waals surface area contributed by atoms with Gasteiger partial charge in [-0.25, -0.2) is 0 Å². The fraction of sp³-hybridized carbons (Fsp3) is 0.615. The van der Waals surface area contributed by atoms with E-state index in [0.717, 1.165) is 42.1 Å². The number of carbonyl (C=O) groups is 1. The average Bonchev–Trinajstić information content (AvgIpc) is 3.19. The fourth-order valence-electron chi connectivity index (χ4n) is 6.47. The van der Waals surface area contributed by atoms with E-state index >= 15 is 0 Å². The van der Waals surface area contributed by atoms with Crippen LogP contribution in [0.1, 0.15) is 114 Å². The number of aryl methyl sites for hydroxylation is 2. The standard InChI is InChI=1S/C39H56F3NO4/c1-13-14-15-16-26-17-20-29(33(21-26)46-39(40,41)42)32-22-27-18-19-28(23-31(27)43(32)12)45-37(8,9)25-38(10,11)47-34(44)30(36(5,6)7)24-35(2,3)4/h17-23,30H,13-16,24-25H2,1-12H3. The molecule has 3 rings (SSSR count). The Hall–Kier alpha value is -3.16. The Morgan fingerprint density at radius 3 is 2.06 bits per heavy atom. The number of fused-ring (bicyclic) bond motifs is 1. The van der Waals surface area contributed by atoms with E-state index in [-0.39, 0.29) is 28.5 Å². The lowest BCUT2D eigenvalue weighted by molar-refractivity contribution is -0.274. The summed E-state index contributed by atoms with van der Waals surface area (Å²) >= 11 is 0. The van der Waals surface area contributed by atoms with Gasteiger partial charge in [-0.05, 0) is 93.7 Å². The summed E-state index contributed by atoms with van der Waals surface area (Å²) < 4.78 is 59.4. The molecule has 0 aliphatic heterocycles. The summed E-state index contributed by atoms with van der Waals surface area (Å²) in [6.07, 6.45) is -0.00575. The first kappa shape index (κ1) is 38.3. The third-order valence-electron chi connectivity index (χ3n) is 8.40. The molecule has 2 aromatic carbocycles. The zero-order chi connectivity index (χ0) is 35.6. The Balaban J connectivity index is 1.86. The zero-order valence-corrected chi connectivity index (χ0v) is 30.6. The van der Waals surface area contributed by atoms with Crippen molar-refractivity contribution in [2.75, 3.05) is 0 Å². The molecule has 1 unspecified atom stereocenters. The summed E-state index contributed by atoms with van der Waals surface area (Å²) in [6, 6.07) is 12.6. The first-order valence-corrected chi connectivity index (χ1v) is 16.8. The number of esters is 1. The Labute approximate surface area is 280 Å². The molecule has 0 N–H and O–H groups in total. The van der Waals surface area contributed by atoms with Gasteiger partial charge in [0.1, 0.15) is 22.7 Å². The molecule has 8 heteroatoms. The van der Waals surface area contributed by atoms with Crippen LogP contribution < -0.4 is 9.47 Å². The molecule has 0 amide bonds. The van der Waals surface area contributed by atoms with Crippen LogP contribution >= 0.6 is 0 Å². The van der Waals surface area contributed by atoms with Gasteiger partial charge in [0.15, 0.2) is 0 Å². The average molecular weight is 660 g/mol. The molecule has 0 aliphatic carbocycles. The number of unbranched alkanes of at least 4 members (excludes halogenated alkanes) is 2. The number of benzene rings is 2. The van der Waals surface area contributed by atoms with Crippen LogP contribution in [-0.2, 0) is 23.0 Å². The summed E-state index contributed by atoms with van der Waals surface area (Å²) in [5.74, 6) is -0.0494. The van der Waals surface area contributed by atoms with Crippen molar-refractivity contribution in [2.24, 2.45) is 23.8 Å². The number of alkyl halides is 3. The number of aromatic nitrogens is 1. The molecule has 3 aromatic rings. The van der Waals surface area contributed by atoms with Crippen molar-refractivity contribution in [3.63, 3.8) is 0 Å². The van der Waals surface area contributed by atoms with Crippen LogP contribution in [0.3, 0.4) is 0 Å². The maximum Gasteiger partial charge on any atom is 0.573 e. The molecule has 0 radical (unpaired) electrons. The molecule has 0 fully saturated rings. The maximum atomic E-state index is 13.5. The fourth-order valence-corrected chi connectivity index (χ4v) is 6.47. The predicted molar refractivity (Wildman–Crippen MR) is 185 cm³/mol. The van der Waals surface area contributed by atoms with Crippen LogP contribution in [0.25, 0.3) is 22.2 Å². The van der Waals surface area contributed by atoms with E-state index in [9.17, 15) is 18.0 Å². The highest BCUT2D eigenvalue weighted by atomic mass is 19.4. The number of halogens is 3. The van der Waals surface area contributed by atoms with Gasteiger partial charge in [-0.2, -0.15) is 0 Å². The van der Waals surface area contributed by atoms with E-state index in [1.807, 2.05) is 69.6 Å². The summed E-state index contributed by atoms with van der Waals surface area (Å²) in [4.78, 5) is 13.5. The molecule has 0 spiro atoms. The molecule has 0 aliphatic rings. The molecule has 0 saturated heterocycles. The van der Waals surface area contributed by atoms with E-state index in [1.54, 1.807) is 6.07 Å². The number of nitrogens with zero attached hydrogens (tertiary/aromatic N) is 1. The highest BCUT2D eigenvalue weighted by Gasteiger charge is 2.40. The third kappa shape index (κ3) is 11.2. The zero-order valence-electron chi connectivity index (χ0n) is 30.6. The van der Waals surface area contributed by atoms with Gasteiger partial charge in [-0.15, -0.1) is 13.2 Å². The third-order valence-corrected chi connectivity index (χ3v) is 8.40. The van der Waals surface area contributed by atoms with Gasteiger partial charge in [0.25, 0.3) is 0 Å². The van der Waals surface area contributed by atoms with E-state index in [0.29, 0.717) is 29.8 Å². The van der Waals surface area contributed by atoms with Crippen LogP contribution in [0.15, 0.2) is 42.5 Å². The van der Waals surface area contributed by atoms with Gasteiger partial charge >= 0.3 is 12.3 Å². The minimum absolute atomic E-state index is 0.0242. The second-order valence-corrected chi connectivity index (χ2v) is 16.5. The highest BCUT2D eigenvalue weighted by Crippen LogP contribution is 2.40. The second-order valence-electron chi connectivity index (χ2n) is 16.5. The van der Waals surface area contributed by atoms with Gasteiger partial charge in [-0.3, -0.25) is 4.79 Å². The second kappa shape index (κ2) is 14.1. The molecular weight excluding hydrogens is 603 g/mol. The normalized spacial score (nSPS) is 13.9. The van der Waals surface area contributed by atoms with Crippen molar-refractivity contribution in [1.82, 2.24) is 4.57 Å². The van der Waals surface area contributed by atoms with Gasteiger partial charge in [0.2, 0.25) is 0 Å². The minimum atomic E-state index is -4.81. The van der Waals surface area contributed by atoms with E-state index in [4.69, 9.17) is 9.47 Å². The van der Waals surface area contributed by atoms with Crippen molar-refractivity contribution in [1.29, 1.82) is 0 Å². The number of rotatable bonds is 13. The SMILES string of the molecule is CCCCCc1ccc(-c2cc3ccc(OC(C)(C)CC(C)(C)OC(=O)C(CC(C)(C)C)C(C)(C)C)cc3n2C)c(OC(F)(F)F)c1. The van der Waals surface area contributed by atoms with Crippen molar-refractivity contribution >= 4 is 16.9 Å². The van der Waals surface area contributed by atoms with Crippen LogP contribution in [-0.4, -0.2) is 28.1 Å². The van der Waals surface area contributed by atoms with Gasteiger partial charge < -0.3 is 18.8 Å². The van der Waals surface area contributed by atoms with Gasteiger partial charge in [-0.1, -0.05) is 67.4 Å². The largest absolute Gasteiger partial charge is 0.573 e. The van der Waals surface area contributed by atoms with Crippen molar-refractivity contribution in [2.45, 2.75) is 132 Å². The topological polar surface area (TPSA) is 49.7 Å². The number of hydrogen-bond acceptors (Lipinski definition) is 4. The lowest BCUT2D eigenvalue weighted by Gasteiger charge is -2.39. The first-order chi connectivity index (χ1) is 21.4. The van der Waals surface area contributed by atoms with Crippen LogP contribution in [0.4, 0.5) is 13.2 Å². The number of hydrogen-bond donors (Lipinski definition) is 0. The van der Waals surface area contributed by atoms with Crippen molar-refractivity contribution < 1.29 is 32.2 Å². The van der Waals surface area contributed by atoms with E-state index in [2.05, 4.69) is 53.2 Å². The van der Waals surface area contributed by atoms with E-state index in [1.165, 1.54) is 6.07 Å². The molecule has 1 heterocycles. The quantitative estimate of drug-likeness (QED) is 0.135. The minimum Gasteiger partial charge on any atom is -0.488 e. The lowest BCUT2D eigenvalue weighted by Crippen LogP contribution is -2.43. The smallest absolute Gasteiger partial charge is 0.488 e. The van der Waals surface area contributed by atoms with Crippen molar-refractivity contribution in [3.8, 4) is 22.8 Å². The monoisotopic (exact) mass is 659 g/mol. The molecule has 0 bridgehead atoms. The summed E-state index contributed by atoms with van der Waals surface area (Å²) in [5, 5.41) is 0.860. The maximum absolute atomic E-state index is 13.5. The Bertz CT molecular complexity index is 1520. The molecule has 262 valence electrons. The molecular formula is C39H56F3NO4. The van der Waals surface area contributed by atoms with Crippen LogP contribution in [0, 0.1) is 16.7 Å². The lowest BCUT2D eigenvalue weighted by atomic mass is 9.72. The molecule has 5 nitrogen and oxygen atoms in total. The number of carbonyl (C=O) groups excluding carboxylic acids is 1. The number of ether oxygens (including phenoxy) is 3. The predicted octanol–water partition coefficient (Wildman–Crippen LogP) is 11.4. The Morgan fingerprint density at radius 2 is 1.49 bits per heavy atom. The Morgan fingerprint density at radius 1 is 0.830 bits per heavy atom. The Kier molecular flexibility index (Phi) is 11.5. The van der Waals surface area contributed by atoms with E-state index < -0.39 is 17.6 Å². The summed E-state index contributed by atoms with van der Waals surface area (Å²) in [6.45, 7) is 22.5. The first-order valence-electron chi connectivity index (χ1n) is 16.8. The van der Waals surface area contributed by atoms with Crippen molar-refractivity contribution in [3.05, 3.63) is 48.0 Å². The van der Waals surface area contributed by atoms with Crippen LogP contribution in [0.5, 0.6) is 11.5 Å². The summed E-state index contributed by atoms with van der Waals surface area (Å²) in [5.41, 5.74) is 0.832. The highest BCUT2D eigenvalue weighted by molar-refractivity contribution is 5.89. The molecule has 1 aromatic heterocycles. The van der Waals surface area contributed by atoms with Crippen LogP contribution in [0.2, 0.25) is 0 Å². The summed E-state index contributed by atoms with van der Waals surface area (Å²) in [7, 11) is 1.82. The molecule has 0 saturated carbocycles. The van der Waals surface area contributed by atoms with Gasteiger partial charge in [0, 0.05) is 30.5 Å². The molecule has 47 heavy (non-hydrogen) atoms. The molecule has 1 atom stereocenters.